The molecule has 0 amide bonds. The Morgan fingerprint density at radius 3 is 2.00 bits per heavy atom. The van der Waals surface area contributed by atoms with Crippen molar-refractivity contribution in [1.29, 1.82) is 0 Å². The normalized spacial score (nSPS) is 11.1. The quantitative estimate of drug-likeness (QED) is 0.909. The highest BCUT2D eigenvalue weighted by atomic mass is 19.2. The van der Waals surface area contributed by atoms with Gasteiger partial charge in [-0.1, -0.05) is 30.3 Å². The van der Waals surface area contributed by atoms with Crippen molar-refractivity contribution in [2.45, 2.75) is 19.6 Å². The zero-order valence-corrected chi connectivity index (χ0v) is 11.4. The van der Waals surface area contributed by atoms with E-state index in [0.717, 1.165) is 29.3 Å². The van der Waals surface area contributed by atoms with Crippen molar-refractivity contribution in [2.75, 3.05) is 7.05 Å². The molecule has 2 N–H and O–H groups in total. The molecule has 2 aromatic carbocycles. The molecule has 0 aliphatic rings. The summed E-state index contributed by atoms with van der Waals surface area (Å²) in [4.78, 5) is 2.05. The molecule has 0 radical (unpaired) electrons. The van der Waals surface area contributed by atoms with Gasteiger partial charge in [0.15, 0.2) is 11.6 Å². The van der Waals surface area contributed by atoms with Crippen LogP contribution < -0.4 is 5.73 Å². The summed E-state index contributed by atoms with van der Waals surface area (Å²) in [5, 5.41) is 0. The summed E-state index contributed by atoms with van der Waals surface area (Å²) in [6.07, 6.45) is 0. The molecule has 0 spiro atoms. The first-order valence-corrected chi connectivity index (χ1v) is 6.49. The monoisotopic (exact) mass is 276 g/mol. The second-order valence-corrected chi connectivity index (χ2v) is 4.94. The van der Waals surface area contributed by atoms with Crippen molar-refractivity contribution < 1.29 is 8.78 Å². The molecule has 0 heterocycles. The summed E-state index contributed by atoms with van der Waals surface area (Å²) in [7, 11) is 1.94. The minimum atomic E-state index is -0.811. The molecule has 2 aromatic rings. The van der Waals surface area contributed by atoms with Gasteiger partial charge >= 0.3 is 0 Å². The second-order valence-electron chi connectivity index (χ2n) is 4.94. The van der Waals surface area contributed by atoms with Gasteiger partial charge in [0.25, 0.3) is 0 Å². The molecule has 0 bridgehead atoms. The maximum absolute atomic E-state index is 13.1. The lowest BCUT2D eigenvalue weighted by Gasteiger charge is -2.17. The van der Waals surface area contributed by atoms with Gasteiger partial charge in [0.1, 0.15) is 0 Å². The van der Waals surface area contributed by atoms with Crippen molar-refractivity contribution in [2.24, 2.45) is 5.73 Å². The third-order valence-corrected chi connectivity index (χ3v) is 3.15. The van der Waals surface area contributed by atoms with Crippen LogP contribution in [0.2, 0.25) is 0 Å². The predicted octanol–water partition coefficient (Wildman–Crippen LogP) is 3.06. The lowest BCUT2D eigenvalue weighted by atomic mass is 10.1. The van der Waals surface area contributed by atoms with Gasteiger partial charge in [-0.25, -0.2) is 8.78 Å². The Labute approximate surface area is 117 Å². The molecule has 0 unspecified atom stereocenters. The van der Waals surface area contributed by atoms with Crippen LogP contribution in [0.15, 0.2) is 42.5 Å². The van der Waals surface area contributed by atoms with Crippen molar-refractivity contribution >= 4 is 0 Å². The summed E-state index contributed by atoms with van der Waals surface area (Å²) in [6, 6.07) is 12.1. The van der Waals surface area contributed by atoms with Crippen LogP contribution in [-0.2, 0) is 19.6 Å². The molecule has 0 aromatic heterocycles. The minimum absolute atomic E-state index is 0.533. The van der Waals surface area contributed by atoms with Crippen LogP contribution in [0, 0.1) is 11.6 Å². The van der Waals surface area contributed by atoms with Gasteiger partial charge in [-0.2, -0.15) is 0 Å². The number of rotatable bonds is 5. The molecule has 0 fully saturated rings. The maximum Gasteiger partial charge on any atom is 0.159 e. The van der Waals surface area contributed by atoms with Gasteiger partial charge in [0.2, 0.25) is 0 Å². The standard InChI is InChI=1S/C16H18F2N2/c1-20(10-13-4-2-12(9-19)3-5-13)11-14-6-7-15(17)16(18)8-14/h2-8H,9-11,19H2,1H3. The zero-order valence-electron chi connectivity index (χ0n) is 11.4. The first-order valence-electron chi connectivity index (χ1n) is 6.49. The highest BCUT2D eigenvalue weighted by molar-refractivity contribution is 5.22. The molecule has 2 nitrogen and oxygen atoms in total. The van der Waals surface area contributed by atoms with Crippen LogP contribution in [0.3, 0.4) is 0 Å². The minimum Gasteiger partial charge on any atom is -0.326 e. The number of nitrogens with zero attached hydrogens (tertiary/aromatic N) is 1. The lowest BCUT2D eigenvalue weighted by molar-refractivity contribution is 0.318. The van der Waals surface area contributed by atoms with E-state index < -0.39 is 11.6 Å². The molecule has 4 heteroatoms. The van der Waals surface area contributed by atoms with Gasteiger partial charge in [-0.15, -0.1) is 0 Å². The lowest BCUT2D eigenvalue weighted by Crippen LogP contribution is -2.17. The number of nitrogens with two attached hydrogens (primary N) is 1. The predicted molar refractivity (Wildman–Crippen MR) is 75.9 cm³/mol. The van der Waals surface area contributed by atoms with Crippen molar-refractivity contribution in [3.05, 3.63) is 70.8 Å². The summed E-state index contributed by atoms with van der Waals surface area (Å²) < 4.78 is 26.0. The first-order chi connectivity index (χ1) is 9.58. The fraction of sp³-hybridized carbons (Fsp3) is 0.250. The summed E-state index contributed by atoms with van der Waals surface area (Å²) in [5.74, 6) is -1.61. The summed E-state index contributed by atoms with van der Waals surface area (Å²) in [5.41, 5.74) is 8.56. The zero-order chi connectivity index (χ0) is 14.5. The van der Waals surface area contributed by atoms with E-state index in [4.69, 9.17) is 5.73 Å². The van der Waals surface area contributed by atoms with Crippen LogP contribution >= 0.6 is 0 Å². The van der Waals surface area contributed by atoms with Crippen LogP contribution in [0.4, 0.5) is 8.78 Å². The van der Waals surface area contributed by atoms with E-state index in [9.17, 15) is 8.78 Å². The van der Waals surface area contributed by atoms with Crippen LogP contribution in [0.1, 0.15) is 16.7 Å². The van der Waals surface area contributed by atoms with Crippen LogP contribution in [-0.4, -0.2) is 11.9 Å². The number of hydrogen-bond donors (Lipinski definition) is 1. The van der Waals surface area contributed by atoms with E-state index in [1.165, 1.54) is 6.07 Å². The van der Waals surface area contributed by atoms with E-state index in [1.807, 2.05) is 36.2 Å². The third kappa shape index (κ3) is 3.85. The molecule has 106 valence electrons. The Morgan fingerprint density at radius 1 is 0.850 bits per heavy atom. The SMILES string of the molecule is CN(Cc1ccc(CN)cc1)Cc1ccc(F)c(F)c1. The third-order valence-electron chi connectivity index (χ3n) is 3.15. The molecule has 2 rings (SSSR count). The van der Waals surface area contributed by atoms with E-state index in [2.05, 4.69) is 0 Å². The van der Waals surface area contributed by atoms with Crippen molar-refractivity contribution in [3.8, 4) is 0 Å². The van der Waals surface area contributed by atoms with Gasteiger partial charge in [-0.3, -0.25) is 4.90 Å². The van der Waals surface area contributed by atoms with E-state index in [0.29, 0.717) is 13.1 Å². The smallest absolute Gasteiger partial charge is 0.159 e. The Balaban J connectivity index is 1.97. The Hall–Kier alpha value is -1.78. The average Bonchev–Trinajstić information content (AvgIpc) is 2.44. The second kappa shape index (κ2) is 6.59. The molecule has 0 saturated carbocycles. The fourth-order valence-corrected chi connectivity index (χ4v) is 2.10. The molecule has 0 saturated heterocycles. The van der Waals surface area contributed by atoms with Gasteiger partial charge < -0.3 is 5.73 Å². The summed E-state index contributed by atoms with van der Waals surface area (Å²) >= 11 is 0. The Bertz CT molecular complexity index is 567. The topological polar surface area (TPSA) is 29.3 Å². The fourth-order valence-electron chi connectivity index (χ4n) is 2.10. The van der Waals surface area contributed by atoms with E-state index in [1.54, 1.807) is 6.07 Å². The largest absolute Gasteiger partial charge is 0.326 e. The molecular weight excluding hydrogens is 258 g/mol. The summed E-state index contributed by atoms with van der Waals surface area (Å²) in [6.45, 7) is 1.84. The molecular formula is C16H18F2N2. The van der Waals surface area contributed by atoms with Crippen molar-refractivity contribution in [1.82, 2.24) is 4.90 Å². The first kappa shape index (κ1) is 14.6. The number of benzene rings is 2. The molecule has 0 atom stereocenters. The highest BCUT2D eigenvalue weighted by Gasteiger charge is 2.06. The number of halogens is 2. The van der Waals surface area contributed by atoms with Gasteiger partial charge in [-0.05, 0) is 35.9 Å². The van der Waals surface area contributed by atoms with E-state index >= 15 is 0 Å². The molecule has 0 aliphatic heterocycles. The average molecular weight is 276 g/mol. The maximum atomic E-state index is 13.1. The number of hydrogen-bond acceptors (Lipinski definition) is 2. The molecule has 0 aliphatic carbocycles. The van der Waals surface area contributed by atoms with Gasteiger partial charge in [0, 0.05) is 19.6 Å². The highest BCUT2D eigenvalue weighted by Crippen LogP contribution is 2.12. The molecule has 20 heavy (non-hydrogen) atoms. The van der Waals surface area contributed by atoms with E-state index in [-0.39, 0.29) is 0 Å². The van der Waals surface area contributed by atoms with Gasteiger partial charge in [0.05, 0.1) is 0 Å². The Kier molecular flexibility index (Phi) is 4.82. The van der Waals surface area contributed by atoms with Crippen LogP contribution in [0.25, 0.3) is 0 Å². The Morgan fingerprint density at radius 2 is 1.40 bits per heavy atom. The van der Waals surface area contributed by atoms with Crippen LogP contribution in [0.5, 0.6) is 0 Å². The van der Waals surface area contributed by atoms with Crippen molar-refractivity contribution in [3.63, 3.8) is 0 Å².